The van der Waals surface area contributed by atoms with Crippen LogP contribution in [0.25, 0.3) is 10.9 Å². The van der Waals surface area contributed by atoms with Gasteiger partial charge in [0.05, 0.1) is 21.5 Å². The molecule has 3 rings (SSSR count). The van der Waals surface area contributed by atoms with E-state index in [1.54, 1.807) is 37.3 Å². The van der Waals surface area contributed by atoms with Crippen LogP contribution in [-0.4, -0.2) is 20.2 Å². The van der Waals surface area contributed by atoms with Crippen molar-refractivity contribution in [3.8, 4) is 0 Å². The molecule has 0 bridgehead atoms. The first-order valence-electron chi connectivity index (χ1n) is 8.06. The Morgan fingerprint density at radius 2 is 1.92 bits per heavy atom. The van der Waals surface area contributed by atoms with E-state index in [1.165, 1.54) is 16.7 Å². The third-order valence-electron chi connectivity index (χ3n) is 4.00. The van der Waals surface area contributed by atoms with Crippen LogP contribution in [0.1, 0.15) is 19.4 Å². The van der Waals surface area contributed by atoms with Crippen molar-refractivity contribution < 1.29 is 4.92 Å². The smallest absolute Gasteiger partial charge is 0.269 e. The van der Waals surface area contributed by atoms with Crippen LogP contribution in [0.15, 0.2) is 58.4 Å². The van der Waals surface area contributed by atoms with Gasteiger partial charge in [-0.1, -0.05) is 12.1 Å². The van der Waals surface area contributed by atoms with Crippen molar-refractivity contribution in [2.45, 2.75) is 20.4 Å². The summed E-state index contributed by atoms with van der Waals surface area (Å²) in [4.78, 5) is 27.3. The number of nitrogens with zero attached hydrogens (tertiary/aromatic N) is 4. The zero-order valence-corrected chi connectivity index (χ0v) is 14.3. The van der Waals surface area contributed by atoms with Gasteiger partial charge < -0.3 is 0 Å². The molecule has 8 nitrogen and oxygen atoms in total. The summed E-state index contributed by atoms with van der Waals surface area (Å²) in [5.74, 6) is 0.345. The Labute approximate surface area is 149 Å². The van der Waals surface area contributed by atoms with Crippen molar-refractivity contribution in [3.63, 3.8) is 0 Å². The van der Waals surface area contributed by atoms with E-state index in [1.807, 2.05) is 13.0 Å². The van der Waals surface area contributed by atoms with Crippen molar-refractivity contribution >= 4 is 28.3 Å². The topological polar surface area (TPSA) is 102 Å². The third kappa shape index (κ3) is 3.30. The molecule has 0 unspecified atom stereocenters. The molecule has 0 fully saturated rings. The van der Waals surface area contributed by atoms with Crippen LogP contribution >= 0.6 is 0 Å². The van der Waals surface area contributed by atoms with Gasteiger partial charge in [0, 0.05) is 18.7 Å². The van der Waals surface area contributed by atoms with E-state index >= 15 is 0 Å². The molecule has 0 spiro atoms. The number of hydrogen-bond acceptors (Lipinski definition) is 6. The molecule has 0 saturated carbocycles. The van der Waals surface area contributed by atoms with Crippen molar-refractivity contribution in [2.75, 3.05) is 5.43 Å². The second kappa shape index (κ2) is 7.14. The maximum atomic E-state index is 12.6. The molecule has 26 heavy (non-hydrogen) atoms. The second-order valence-corrected chi connectivity index (χ2v) is 5.61. The highest BCUT2D eigenvalue weighted by Gasteiger charge is 2.10. The van der Waals surface area contributed by atoms with E-state index < -0.39 is 4.92 Å². The van der Waals surface area contributed by atoms with Gasteiger partial charge >= 0.3 is 0 Å². The minimum Gasteiger partial charge on any atom is -0.277 e. The van der Waals surface area contributed by atoms with Gasteiger partial charge in [-0.3, -0.25) is 19.5 Å². The fourth-order valence-corrected chi connectivity index (χ4v) is 2.57. The Balaban J connectivity index is 1.94. The van der Waals surface area contributed by atoms with Crippen LogP contribution in [0, 0.1) is 10.1 Å². The molecular formula is C18H17N5O3. The van der Waals surface area contributed by atoms with E-state index in [0.717, 1.165) is 5.56 Å². The molecule has 0 aliphatic heterocycles. The summed E-state index contributed by atoms with van der Waals surface area (Å²) in [6.45, 7) is 4.07. The predicted molar refractivity (Wildman–Crippen MR) is 101 cm³/mol. The number of rotatable bonds is 5. The normalized spacial score (nSPS) is 11.5. The largest absolute Gasteiger partial charge is 0.277 e. The highest BCUT2D eigenvalue weighted by atomic mass is 16.6. The number of anilines is 1. The Hall–Kier alpha value is -3.55. The Morgan fingerprint density at radius 3 is 2.58 bits per heavy atom. The standard InChI is InChI=1S/C18H17N5O3/c1-3-22-17(24)15-6-4-5-7-16(15)19-18(22)21-20-12(2)13-8-10-14(11-9-13)23(25)26/h4-11H,3H2,1-2H3,(H,19,21)/b20-12-. The molecule has 3 aromatic rings. The maximum absolute atomic E-state index is 12.6. The van der Waals surface area contributed by atoms with Gasteiger partial charge in [-0.05, 0) is 43.7 Å². The molecule has 0 amide bonds. The number of aromatic nitrogens is 2. The molecule has 0 aliphatic rings. The molecular weight excluding hydrogens is 334 g/mol. The number of para-hydroxylation sites is 1. The lowest BCUT2D eigenvalue weighted by molar-refractivity contribution is -0.384. The highest BCUT2D eigenvalue weighted by molar-refractivity contribution is 5.99. The summed E-state index contributed by atoms with van der Waals surface area (Å²) in [6, 6.07) is 13.2. The van der Waals surface area contributed by atoms with Crippen LogP contribution in [0.2, 0.25) is 0 Å². The molecule has 1 N–H and O–H groups in total. The fourth-order valence-electron chi connectivity index (χ4n) is 2.57. The van der Waals surface area contributed by atoms with Crippen LogP contribution in [0.4, 0.5) is 11.6 Å². The third-order valence-corrected chi connectivity index (χ3v) is 4.00. The fraction of sp³-hybridized carbons (Fsp3) is 0.167. The first-order valence-corrected chi connectivity index (χ1v) is 8.06. The summed E-state index contributed by atoms with van der Waals surface area (Å²) < 4.78 is 1.51. The van der Waals surface area contributed by atoms with Gasteiger partial charge in [0.2, 0.25) is 5.95 Å². The number of benzene rings is 2. The number of hydrazone groups is 1. The number of nitrogens with one attached hydrogen (secondary N) is 1. The lowest BCUT2D eigenvalue weighted by atomic mass is 10.1. The summed E-state index contributed by atoms with van der Waals surface area (Å²) in [7, 11) is 0. The van der Waals surface area contributed by atoms with Gasteiger partial charge in [-0.2, -0.15) is 5.10 Å². The first-order chi connectivity index (χ1) is 12.5. The van der Waals surface area contributed by atoms with Crippen LogP contribution < -0.4 is 11.0 Å². The molecule has 1 heterocycles. The minimum atomic E-state index is -0.451. The van der Waals surface area contributed by atoms with Gasteiger partial charge in [0.15, 0.2) is 0 Å². The summed E-state index contributed by atoms with van der Waals surface area (Å²) in [5.41, 5.74) is 4.66. The zero-order valence-electron chi connectivity index (χ0n) is 14.3. The number of non-ortho nitro benzene ring substituents is 1. The van der Waals surface area contributed by atoms with E-state index in [0.29, 0.717) is 29.1 Å². The van der Waals surface area contributed by atoms with Crippen molar-refractivity contribution in [3.05, 3.63) is 74.6 Å². The Bertz CT molecular complexity index is 1050. The van der Waals surface area contributed by atoms with Gasteiger partial charge in [-0.15, -0.1) is 0 Å². The summed E-state index contributed by atoms with van der Waals surface area (Å²) in [5, 5.41) is 15.5. The summed E-state index contributed by atoms with van der Waals surface area (Å²) in [6.07, 6.45) is 0. The molecule has 132 valence electrons. The Kier molecular flexibility index (Phi) is 4.74. The van der Waals surface area contributed by atoms with E-state index in [4.69, 9.17) is 0 Å². The predicted octanol–water partition coefficient (Wildman–Crippen LogP) is 3.16. The van der Waals surface area contributed by atoms with E-state index in [-0.39, 0.29) is 11.2 Å². The SMILES string of the molecule is CCn1c(N/N=C(/C)c2ccc([N+](=O)[O-])cc2)nc2ccccc2c1=O. The van der Waals surface area contributed by atoms with Crippen LogP contribution in [-0.2, 0) is 6.54 Å². The van der Waals surface area contributed by atoms with Crippen molar-refractivity contribution in [1.82, 2.24) is 9.55 Å². The number of nitro groups is 1. The molecule has 0 atom stereocenters. The van der Waals surface area contributed by atoms with E-state index in [9.17, 15) is 14.9 Å². The lowest BCUT2D eigenvalue weighted by Crippen LogP contribution is -2.23. The first kappa shape index (κ1) is 17.3. The number of fused-ring (bicyclic) bond motifs is 1. The van der Waals surface area contributed by atoms with Gasteiger partial charge in [0.1, 0.15) is 0 Å². The average Bonchev–Trinajstić information content (AvgIpc) is 2.66. The van der Waals surface area contributed by atoms with Crippen LogP contribution in [0.3, 0.4) is 0 Å². The maximum Gasteiger partial charge on any atom is 0.269 e. The Morgan fingerprint density at radius 1 is 1.23 bits per heavy atom. The second-order valence-electron chi connectivity index (χ2n) is 5.61. The molecule has 0 aliphatic carbocycles. The van der Waals surface area contributed by atoms with Gasteiger partial charge in [-0.25, -0.2) is 10.4 Å². The molecule has 0 radical (unpaired) electrons. The average molecular weight is 351 g/mol. The van der Waals surface area contributed by atoms with E-state index in [2.05, 4.69) is 15.5 Å². The van der Waals surface area contributed by atoms with Gasteiger partial charge in [0.25, 0.3) is 11.2 Å². The minimum absolute atomic E-state index is 0.0190. The number of hydrogen-bond donors (Lipinski definition) is 1. The molecule has 2 aromatic carbocycles. The van der Waals surface area contributed by atoms with Crippen LogP contribution in [0.5, 0.6) is 0 Å². The zero-order chi connectivity index (χ0) is 18.7. The molecule has 1 aromatic heterocycles. The van der Waals surface area contributed by atoms with Crippen molar-refractivity contribution in [2.24, 2.45) is 5.10 Å². The van der Waals surface area contributed by atoms with Crippen molar-refractivity contribution in [1.29, 1.82) is 0 Å². The molecule has 0 saturated heterocycles. The summed E-state index contributed by atoms with van der Waals surface area (Å²) >= 11 is 0. The lowest BCUT2D eigenvalue weighted by Gasteiger charge is -2.11. The quantitative estimate of drug-likeness (QED) is 0.432. The number of nitro benzene ring substituents is 1. The molecule has 8 heteroatoms. The monoisotopic (exact) mass is 351 g/mol. The highest BCUT2D eigenvalue weighted by Crippen LogP contribution is 2.14.